The third kappa shape index (κ3) is 5.07. The van der Waals surface area contributed by atoms with Crippen LogP contribution in [0.5, 0.6) is 0 Å². The third-order valence-electron chi connectivity index (χ3n) is 3.19. The summed E-state index contributed by atoms with van der Waals surface area (Å²) in [5.41, 5.74) is 2.32. The van der Waals surface area contributed by atoms with Crippen LogP contribution in [-0.4, -0.2) is 26.8 Å². The van der Waals surface area contributed by atoms with E-state index in [4.69, 9.17) is 23.2 Å². The molecule has 2 aromatic heterocycles. The highest BCUT2D eigenvalue weighted by Crippen LogP contribution is 2.29. The van der Waals surface area contributed by atoms with Gasteiger partial charge < -0.3 is 10.6 Å². The number of benzene rings is 1. The van der Waals surface area contributed by atoms with Crippen LogP contribution in [0, 0.1) is 6.92 Å². The van der Waals surface area contributed by atoms with Crippen LogP contribution in [0.15, 0.2) is 40.9 Å². The number of pyridine rings is 1. The zero-order valence-electron chi connectivity index (χ0n) is 13.5. The van der Waals surface area contributed by atoms with Crippen molar-refractivity contribution < 1.29 is 4.79 Å². The van der Waals surface area contributed by atoms with Gasteiger partial charge in [-0.2, -0.15) is 0 Å². The van der Waals surface area contributed by atoms with Gasteiger partial charge in [-0.05, 0) is 36.8 Å². The molecule has 2 heterocycles. The quantitative estimate of drug-likeness (QED) is 0.426. The van der Waals surface area contributed by atoms with Crippen LogP contribution in [0.4, 0.5) is 16.5 Å². The minimum absolute atomic E-state index is 0.191. The Kier molecular flexibility index (Phi) is 6.31. The fourth-order valence-corrected chi connectivity index (χ4v) is 3.82. The van der Waals surface area contributed by atoms with Crippen molar-refractivity contribution in [2.75, 3.05) is 16.4 Å². The molecule has 26 heavy (non-hydrogen) atoms. The third-order valence-corrected chi connectivity index (χ3v) is 5.87. The van der Waals surface area contributed by atoms with Gasteiger partial charge in [-0.15, -0.1) is 10.2 Å². The highest BCUT2D eigenvalue weighted by Gasteiger charge is 2.10. The second-order valence-corrected chi connectivity index (χ2v) is 8.11. The predicted octanol–water partition coefficient (Wildman–Crippen LogP) is 5.02. The first kappa shape index (κ1) is 18.9. The molecule has 1 amide bonds. The van der Waals surface area contributed by atoms with Gasteiger partial charge in [0, 0.05) is 16.9 Å². The normalized spacial score (nSPS) is 10.6. The van der Waals surface area contributed by atoms with Crippen LogP contribution in [-0.2, 0) is 4.79 Å². The number of aromatic nitrogens is 3. The summed E-state index contributed by atoms with van der Waals surface area (Å²) in [4.78, 5) is 15.9. The molecule has 10 heteroatoms. The first-order valence-electron chi connectivity index (χ1n) is 7.41. The molecule has 0 bridgehead atoms. The lowest BCUT2D eigenvalue weighted by Crippen LogP contribution is -2.14. The molecule has 0 saturated carbocycles. The van der Waals surface area contributed by atoms with Gasteiger partial charge in [0.15, 0.2) is 9.49 Å². The van der Waals surface area contributed by atoms with Crippen LogP contribution in [0.3, 0.4) is 0 Å². The number of nitrogens with one attached hydrogen (secondary N) is 2. The molecule has 0 spiro atoms. The second kappa shape index (κ2) is 8.68. The van der Waals surface area contributed by atoms with Gasteiger partial charge in [0.05, 0.1) is 11.4 Å². The standard InChI is InChI=1S/C16H13Cl2N5OS2/c1-9-4-5-10(7-11(9)17)20-15-22-23-16(26-15)25-8-13(24)21-12-3-2-6-19-14(12)18/h2-7H,8H2,1H3,(H,20,22)(H,21,24). The summed E-state index contributed by atoms with van der Waals surface area (Å²) >= 11 is 14.7. The largest absolute Gasteiger partial charge is 0.330 e. The van der Waals surface area contributed by atoms with E-state index >= 15 is 0 Å². The summed E-state index contributed by atoms with van der Waals surface area (Å²) < 4.78 is 0.679. The Hall–Kier alpha value is -1.87. The highest BCUT2D eigenvalue weighted by atomic mass is 35.5. The summed E-state index contributed by atoms with van der Waals surface area (Å²) in [5.74, 6) is -0.00382. The Labute approximate surface area is 168 Å². The molecule has 0 fully saturated rings. The zero-order chi connectivity index (χ0) is 18.5. The first-order chi connectivity index (χ1) is 12.5. The Morgan fingerprint density at radius 2 is 2.12 bits per heavy atom. The molecule has 0 saturated heterocycles. The topological polar surface area (TPSA) is 79.8 Å². The van der Waals surface area contributed by atoms with Crippen molar-refractivity contribution in [1.29, 1.82) is 0 Å². The highest BCUT2D eigenvalue weighted by molar-refractivity contribution is 8.01. The fraction of sp³-hybridized carbons (Fsp3) is 0.125. The van der Waals surface area contributed by atoms with E-state index < -0.39 is 0 Å². The molecule has 134 valence electrons. The molecule has 1 aromatic carbocycles. The van der Waals surface area contributed by atoms with Crippen molar-refractivity contribution in [2.24, 2.45) is 0 Å². The van der Waals surface area contributed by atoms with Gasteiger partial charge in [-0.3, -0.25) is 4.79 Å². The van der Waals surface area contributed by atoms with Gasteiger partial charge in [0.25, 0.3) is 0 Å². The maximum Gasteiger partial charge on any atom is 0.234 e. The van der Waals surface area contributed by atoms with Crippen LogP contribution in [0.25, 0.3) is 0 Å². The maximum atomic E-state index is 12.0. The second-order valence-electron chi connectivity index (χ2n) is 5.14. The smallest absolute Gasteiger partial charge is 0.234 e. The summed E-state index contributed by atoms with van der Waals surface area (Å²) in [7, 11) is 0. The van der Waals surface area contributed by atoms with Crippen molar-refractivity contribution in [3.8, 4) is 0 Å². The fourth-order valence-electron chi connectivity index (χ4n) is 1.91. The lowest BCUT2D eigenvalue weighted by molar-refractivity contribution is -0.113. The molecule has 0 aliphatic carbocycles. The Morgan fingerprint density at radius 1 is 1.27 bits per heavy atom. The lowest BCUT2D eigenvalue weighted by atomic mass is 10.2. The van der Waals surface area contributed by atoms with E-state index in [-0.39, 0.29) is 16.8 Å². The van der Waals surface area contributed by atoms with E-state index in [0.29, 0.717) is 20.2 Å². The minimum atomic E-state index is -0.195. The maximum absolute atomic E-state index is 12.0. The van der Waals surface area contributed by atoms with E-state index in [1.807, 2.05) is 25.1 Å². The van der Waals surface area contributed by atoms with Gasteiger partial charge in [0.1, 0.15) is 0 Å². The van der Waals surface area contributed by atoms with Crippen molar-refractivity contribution >= 4 is 68.7 Å². The molecule has 2 N–H and O–H groups in total. The monoisotopic (exact) mass is 425 g/mol. The van der Waals surface area contributed by atoms with E-state index in [2.05, 4.69) is 25.8 Å². The number of carbonyl (C=O) groups is 1. The molecular weight excluding hydrogens is 413 g/mol. The molecule has 0 aliphatic heterocycles. The molecule has 6 nitrogen and oxygen atoms in total. The van der Waals surface area contributed by atoms with Gasteiger partial charge in [-0.1, -0.05) is 52.4 Å². The molecule has 0 unspecified atom stereocenters. The predicted molar refractivity (Wildman–Crippen MR) is 108 cm³/mol. The average molecular weight is 426 g/mol. The molecule has 3 aromatic rings. The SMILES string of the molecule is Cc1ccc(Nc2nnc(SCC(=O)Nc3cccnc3Cl)s2)cc1Cl. The lowest BCUT2D eigenvalue weighted by Gasteiger charge is -2.05. The number of nitrogens with zero attached hydrogens (tertiary/aromatic N) is 3. The summed E-state index contributed by atoms with van der Waals surface area (Å²) in [6, 6.07) is 9.07. The van der Waals surface area contributed by atoms with E-state index in [0.717, 1.165) is 11.3 Å². The molecule has 0 aliphatic rings. The number of thioether (sulfide) groups is 1. The summed E-state index contributed by atoms with van der Waals surface area (Å²) in [6.45, 7) is 1.94. The van der Waals surface area contributed by atoms with Crippen molar-refractivity contribution in [3.05, 3.63) is 52.3 Å². The number of aryl methyl sites for hydroxylation is 1. The van der Waals surface area contributed by atoms with Crippen molar-refractivity contribution in [2.45, 2.75) is 11.3 Å². The van der Waals surface area contributed by atoms with Crippen LogP contribution in [0.2, 0.25) is 10.2 Å². The van der Waals surface area contributed by atoms with E-state index in [1.54, 1.807) is 18.3 Å². The molecule has 3 rings (SSSR count). The molecular formula is C16H13Cl2N5OS2. The number of hydrogen-bond donors (Lipinski definition) is 2. The van der Waals surface area contributed by atoms with Gasteiger partial charge >= 0.3 is 0 Å². The van der Waals surface area contributed by atoms with E-state index in [9.17, 15) is 4.79 Å². The number of carbonyl (C=O) groups excluding carboxylic acids is 1. The average Bonchev–Trinajstić information content (AvgIpc) is 3.06. The number of hydrogen-bond acceptors (Lipinski definition) is 7. The van der Waals surface area contributed by atoms with Gasteiger partial charge in [-0.25, -0.2) is 4.98 Å². The number of rotatable bonds is 6. The summed E-state index contributed by atoms with van der Waals surface area (Å²) in [6.07, 6.45) is 1.56. The van der Waals surface area contributed by atoms with Crippen molar-refractivity contribution in [1.82, 2.24) is 15.2 Å². The van der Waals surface area contributed by atoms with Crippen molar-refractivity contribution in [3.63, 3.8) is 0 Å². The van der Waals surface area contributed by atoms with Crippen LogP contribution in [0.1, 0.15) is 5.56 Å². The first-order valence-corrected chi connectivity index (χ1v) is 9.97. The zero-order valence-corrected chi connectivity index (χ0v) is 16.6. The Morgan fingerprint density at radius 3 is 2.88 bits per heavy atom. The Balaban J connectivity index is 1.54. The minimum Gasteiger partial charge on any atom is -0.330 e. The number of amides is 1. The van der Waals surface area contributed by atoms with E-state index in [1.165, 1.54) is 23.1 Å². The van der Waals surface area contributed by atoms with Crippen LogP contribution < -0.4 is 10.6 Å². The Bertz CT molecular complexity index is 935. The number of anilines is 3. The molecule has 0 radical (unpaired) electrons. The van der Waals surface area contributed by atoms with Gasteiger partial charge in [0.2, 0.25) is 11.0 Å². The van der Waals surface area contributed by atoms with Crippen LogP contribution >= 0.6 is 46.3 Å². The summed E-state index contributed by atoms with van der Waals surface area (Å²) in [5, 5.41) is 15.6. The number of halogens is 2. The molecule has 0 atom stereocenters.